The molecule has 27 heavy (non-hydrogen) atoms. The van der Waals surface area contributed by atoms with Gasteiger partial charge in [-0.15, -0.1) is 0 Å². The summed E-state index contributed by atoms with van der Waals surface area (Å²) in [5.74, 6) is -2.33. The van der Waals surface area contributed by atoms with Crippen LogP contribution in [0, 0.1) is 24.4 Å². The summed E-state index contributed by atoms with van der Waals surface area (Å²) >= 11 is 0. The predicted octanol–water partition coefficient (Wildman–Crippen LogP) is 5.05. The molecule has 4 rings (SSSR count). The Bertz CT molecular complexity index is 1200. The lowest BCUT2D eigenvalue weighted by Crippen LogP contribution is -1.94. The van der Waals surface area contributed by atoms with Crippen molar-refractivity contribution in [3.05, 3.63) is 65.6 Å². The number of nitrogens with zero attached hydrogens (tertiary/aromatic N) is 1. The maximum Gasteiger partial charge on any atom is 0.215 e. The Kier molecular flexibility index (Phi) is 3.80. The normalized spacial score (nSPS) is 11.3. The third-order valence-electron chi connectivity index (χ3n) is 4.46. The van der Waals surface area contributed by atoms with Crippen molar-refractivity contribution in [1.82, 2.24) is 4.98 Å². The molecule has 0 amide bonds. The van der Waals surface area contributed by atoms with Gasteiger partial charge in [-0.25, -0.2) is 13.2 Å². The van der Waals surface area contributed by atoms with E-state index >= 15 is 0 Å². The topological polar surface area (TPSA) is 78.1 Å². The summed E-state index contributed by atoms with van der Waals surface area (Å²) in [4.78, 5) is 4.41. The van der Waals surface area contributed by atoms with Crippen LogP contribution in [0.3, 0.4) is 0 Å². The standard InChI is InChI=1S/C20H14F3N3O/c1-9-6-11(21)3-4-12(9)18-19-16(17(24)20(25)27-19)13(8-26-18)10-2-5-14(22)15(23)7-10/h2-8H,24-25H2,1H3. The first kappa shape index (κ1) is 17.0. The second-order valence-electron chi connectivity index (χ2n) is 6.19. The SMILES string of the molecule is Cc1cc(F)ccc1-c1ncc(-c2ccc(F)c(F)c2)c2c(N)c(N)oc12. The van der Waals surface area contributed by atoms with E-state index in [2.05, 4.69) is 4.98 Å². The maximum atomic E-state index is 13.7. The van der Waals surface area contributed by atoms with E-state index in [-0.39, 0.29) is 17.4 Å². The minimum Gasteiger partial charge on any atom is -0.436 e. The molecule has 0 unspecified atom stereocenters. The molecule has 4 aromatic rings. The van der Waals surface area contributed by atoms with Crippen LogP contribution in [-0.4, -0.2) is 4.98 Å². The lowest BCUT2D eigenvalue weighted by molar-refractivity contribution is 0.509. The first-order valence-electron chi connectivity index (χ1n) is 8.05. The van der Waals surface area contributed by atoms with Crippen molar-refractivity contribution in [2.45, 2.75) is 6.92 Å². The fourth-order valence-electron chi connectivity index (χ4n) is 3.12. The Morgan fingerprint density at radius 2 is 1.70 bits per heavy atom. The van der Waals surface area contributed by atoms with Crippen LogP contribution in [0.5, 0.6) is 0 Å². The van der Waals surface area contributed by atoms with Gasteiger partial charge in [0.2, 0.25) is 5.88 Å². The van der Waals surface area contributed by atoms with Gasteiger partial charge in [0.05, 0.1) is 5.39 Å². The number of nitrogen functional groups attached to an aromatic ring is 2. The molecule has 2 aromatic heterocycles. The number of anilines is 2. The summed E-state index contributed by atoms with van der Waals surface area (Å²) in [5, 5.41) is 0.437. The number of fused-ring (bicyclic) bond motifs is 1. The molecule has 4 N–H and O–H groups in total. The van der Waals surface area contributed by atoms with Crippen molar-refractivity contribution >= 4 is 22.5 Å². The largest absolute Gasteiger partial charge is 0.436 e. The number of halogens is 3. The number of aromatic nitrogens is 1. The first-order valence-corrected chi connectivity index (χ1v) is 8.05. The number of furan rings is 1. The van der Waals surface area contributed by atoms with Crippen molar-refractivity contribution in [1.29, 1.82) is 0 Å². The third-order valence-corrected chi connectivity index (χ3v) is 4.46. The monoisotopic (exact) mass is 369 g/mol. The molecule has 0 fully saturated rings. The molecule has 7 heteroatoms. The molecule has 0 bridgehead atoms. The fourth-order valence-corrected chi connectivity index (χ4v) is 3.12. The van der Waals surface area contributed by atoms with E-state index < -0.39 is 11.6 Å². The van der Waals surface area contributed by atoms with E-state index in [9.17, 15) is 13.2 Å². The minimum absolute atomic E-state index is 0.0113. The molecular formula is C20H14F3N3O. The summed E-state index contributed by atoms with van der Waals surface area (Å²) < 4.78 is 46.1. The molecule has 2 aromatic carbocycles. The molecule has 2 heterocycles. The van der Waals surface area contributed by atoms with Crippen LogP contribution in [0.4, 0.5) is 24.7 Å². The quantitative estimate of drug-likeness (QED) is 0.518. The van der Waals surface area contributed by atoms with E-state index in [4.69, 9.17) is 15.9 Å². The van der Waals surface area contributed by atoms with Gasteiger partial charge >= 0.3 is 0 Å². The third kappa shape index (κ3) is 2.68. The van der Waals surface area contributed by atoms with E-state index in [1.54, 1.807) is 13.0 Å². The summed E-state index contributed by atoms with van der Waals surface area (Å²) in [5.41, 5.74) is 14.9. The molecule has 0 atom stereocenters. The van der Waals surface area contributed by atoms with Gasteiger partial charge in [-0.1, -0.05) is 6.07 Å². The highest BCUT2D eigenvalue weighted by molar-refractivity contribution is 6.09. The molecule has 4 nitrogen and oxygen atoms in total. The number of aryl methyl sites for hydroxylation is 1. The molecule has 0 aliphatic rings. The maximum absolute atomic E-state index is 13.7. The molecule has 136 valence electrons. The second-order valence-corrected chi connectivity index (χ2v) is 6.19. The van der Waals surface area contributed by atoms with Crippen molar-refractivity contribution in [3.63, 3.8) is 0 Å². The summed E-state index contributed by atoms with van der Waals surface area (Å²) in [6.07, 6.45) is 1.48. The van der Waals surface area contributed by atoms with E-state index in [1.165, 1.54) is 24.4 Å². The summed E-state index contributed by atoms with van der Waals surface area (Å²) in [6, 6.07) is 7.76. The van der Waals surface area contributed by atoms with Gasteiger partial charge in [0.15, 0.2) is 17.2 Å². The Morgan fingerprint density at radius 3 is 2.41 bits per heavy atom. The zero-order valence-corrected chi connectivity index (χ0v) is 14.2. The lowest BCUT2D eigenvalue weighted by atomic mass is 9.98. The van der Waals surface area contributed by atoms with Crippen molar-refractivity contribution < 1.29 is 17.6 Å². The highest BCUT2D eigenvalue weighted by Crippen LogP contribution is 2.42. The number of pyridine rings is 1. The van der Waals surface area contributed by atoms with Crippen LogP contribution in [0.1, 0.15) is 5.56 Å². The van der Waals surface area contributed by atoms with Crippen LogP contribution in [0.2, 0.25) is 0 Å². The highest BCUT2D eigenvalue weighted by atomic mass is 19.2. The number of hydrogen-bond acceptors (Lipinski definition) is 4. The van der Waals surface area contributed by atoms with Crippen LogP contribution in [-0.2, 0) is 0 Å². The van der Waals surface area contributed by atoms with Crippen LogP contribution in [0.25, 0.3) is 33.4 Å². The predicted molar refractivity (Wildman–Crippen MR) is 98.3 cm³/mol. The van der Waals surface area contributed by atoms with Crippen LogP contribution >= 0.6 is 0 Å². The zero-order chi connectivity index (χ0) is 19.3. The van der Waals surface area contributed by atoms with E-state index in [0.29, 0.717) is 38.9 Å². The Morgan fingerprint density at radius 1 is 0.926 bits per heavy atom. The van der Waals surface area contributed by atoms with Crippen molar-refractivity contribution in [2.24, 2.45) is 0 Å². The summed E-state index contributed by atoms with van der Waals surface area (Å²) in [7, 11) is 0. The van der Waals surface area contributed by atoms with Gasteiger partial charge in [0, 0.05) is 17.3 Å². The average Bonchev–Trinajstić information content (AvgIpc) is 2.93. The Labute approximate surface area is 152 Å². The van der Waals surface area contributed by atoms with Gasteiger partial charge in [0.1, 0.15) is 17.2 Å². The number of rotatable bonds is 2. The number of nitrogens with two attached hydrogens (primary N) is 2. The zero-order valence-electron chi connectivity index (χ0n) is 14.2. The number of hydrogen-bond donors (Lipinski definition) is 2. The van der Waals surface area contributed by atoms with Gasteiger partial charge in [-0.3, -0.25) is 4.98 Å². The van der Waals surface area contributed by atoms with Crippen LogP contribution in [0.15, 0.2) is 47.0 Å². The Hall–Kier alpha value is -3.48. The van der Waals surface area contributed by atoms with Gasteiger partial charge < -0.3 is 15.9 Å². The molecule has 0 saturated heterocycles. The first-order chi connectivity index (χ1) is 12.9. The average molecular weight is 369 g/mol. The second kappa shape index (κ2) is 6.05. The van der Waals surface area contributed by atoms with Gasteiger partial charge in [0.25, 0.3) is 0 Å². The van der Waals surface area contributed by atoms with E-state index in [0.717, 1.165) is 12.1 Å². The molecule has 0 aliphatic heterocycles. The van der Waals surface area contributed by atoms with Gasteiger partial charge in [-0.05, 0) is 48.4 Å². The van der Waals surface area contributed by atoms with E-state index in [1.807, 2.05) is 0 Å². The van der Waals surface area contributed by atoms with Gasteiger partial charge in [-0.2, -0.15) is 0 Å². The van der Waals surface area contributed by atoms with Crippen LogP contribution < -0.4 is 11.5 Å². The minimum atomic E-state index is -0.992. The van der Waals surface area contributed by atoms with Crippen molar-refractivity contribution in [3.8, 4) is 22.4 Å². The number of benzene rings is 2. The summed E-state index contributed by atoms with van der Waals surface area (Å²) in [6.45, 7) is 1.74. The molecule has 0 saturated carbocycles. The fraction of sp³-hybridized carbons (Fsp3) is 0.0500. The molecular weight excluding hydrogens is 355 g/mol. The smallest absolute Gasteiger partial charge is 0.215 e. The molecule has 0 aliphatic carbocycles. The Balaban J connectivity index is 2.03. The molecule has 0 radical (unpaired) electrons. The molecule has 0 spiro atoms. The highest BCUT2D eigenvalue weighted by Gasteiger charge is 2.21. The lowest BCUT2D eigenvalue weighted by Gasteiger charge is -2.09. The van der Waals surface area contributed by atoms with Crippen molar-refractivity contribution in [2.75, 3.05) is 11.5 Å².